The smallest absolute Gasteiger partial charge is 0.259 e. The number of rotatable bonds is 7. The number of aryl methyl sites for hydroxylation is 1. The molecule has 0 saturated carbocycles. The Morgan fingerprint density at radius 3 is 2.82 bits per heavy atom. The van der Waals surface area contributed by atoms with E-state index in [0.29, 0.717) is 34.6 Å². The summed E-state index contributed by atoms with van der Waals surface area (Å²) in [5.74, 6) is -1.38. The van der Waals surface area contributed by atoms with Crippen LogP contribution >= 0.6 is 27.3 Å². The number of thiophene rings is 1. The lowest BCUT2D eigenvalue weighted by molar-refractivity contribution is 0.0948. The molecular weight excluding hydrogens is 447 g/mol. The van der Waals surface area contributed by atoms with E-state index in [1.54, 1.807) is 7.11 Å². The van der Waals surface area contributed by atoms with Gasteiger partial charge in [0, 0.05) is 29.6 Å². The van der Waals surface area contributed by atoms with Crippen molar-refractivity contribution in [2.45, 2.75) is 32.1 Å². The number of fused-ring (bicyclic) bond motifs is 1. The van der Waals surface area contributed by atoms with Crippen LogP contribution in [0.5, 0.6) is 0 Å². The molecule has 0 bridgehead atoms. The molecule has 2 N–H and O–H groups in total. The number of carbonyl (C=O) groups excluding carboxylic acids is 2. The third kappa shape index (κ3) is 4.79. The van der Waals surface area contributed by atoms with Gasteiger partial charge >= 0.3 is 0 Å². The van der Waals surface area contributed by atoms with Gasteiger partial charge in [0.2, 0.25) is 0 Å². The zero-order valence-electron chi connectivity index (χ0n) is 15.6. The zero-order chi connectivity index (χ0) is 20.1. The van der Waals surface area contributed by atoms with Crippen LogP contribution in [-0.4, -0.2) is 32.1 Å². The van der Waals surface area contributed by atoms with Crippen molar-refractivity contribution in [2.75, 3.05) is 25.6 Å². The van der Waals surface area contributed by atoms with Crippen LogP contribution in [-0.2, 0) is 17.6 Å². The largest absolute Gasteiger partial charge is 0.385 e. The summed E-state index contributed by atoms with van der Waals surface area (Å²) in [7, 11) is 1.62. The highest BCUT2D eigenvalue weighted by Crippen LogP contribution is 2.38. The maximum atomic E-state index is 14.1. The first-order chi connectivity index (χ1) is 13.5. The molecule has 1 aromatic carbocycles. The molecule has 1 aliphatic carbocycles. The predicted molar refractivity (Wildman–Crippen MR) is 112 cm³/mol. The molecule has 0 saturated heterocycles. The van der Waals surface area contributed by atoms with Crippen molar-refractivity contribution in [1.82, 2.24) is 5.32 Å². The van der Waals surface area contributed by atoms with Gasteiger partial charge in [0.1, 0.15) is 10.8 Å². The Morgan fingerprint density at radius 1 is 1.25 bits per heavy atom. The van der Waals surface area contributed by atoms with Crippen LogP contribution in [0.4, 0.5) is 9.39 Å². The van der Waals surface area contributed by atoms with Crippen molar-refractivity contribution < 1.29 is 18.7 Å². The predicted octanol–water partition coefficient (Wildman–Crippen LogP) is 4.55. The Balaban J connectivity index is 1.85. The summed E-state index contributed by atoms with van der Waals surface area (Å²) in [4.78, 5) is 26.6. The SMILES string of the molecule is COCCCNC(=O)c1c(NC(=O)c2cc(Br)ccc2F)sc2c1CCCC2. The average molecular weight is 469 g/mol. The topological polar surface area (TPSA) is 67.4 Å². The summed E-state index contributed by atoms with van der Waals surface area (Å²) in [6.07, 6.45) is 4.50. The highest BCUT2D eigenvalue weighted by Gasteiger charge is 2.27. The van der Waals surface area contributed by atoms with E-state index in [4.69, 9.17) is 4.74 Å². The van der Waals surface area contributed by atoms with Gasteiger partial charge in [-0.1, -0.05) is 15.9 Å². The number of hydrogen-bond acceptors (Lipinski definition) is 4. The molecule has 8 heteroatoms. The van der Waals surface area contributed by atoms with E-state index in [1.165, 1.54) is 29.5 Å². The number of halogens is 2. The van der Waals surface area contributed by atoms with Gasteiger partial charge in [-0.3, -0.25) is 9.59 Å². The average Bonchev–Trinajstić information content (AvgIpc) is 3.04. The molecule has 0 atom stereocenters. The molecule has 0 aliphatic heterocycles. The lowest BCUT2D eigenvalue weighted by Crippen LogP contribution is -2.27. The number of carbonyl (C=O) groups is 2. The summed E-state index contributed by atoms with van der Waals surface area (Å²) < 4.78 is 19.7. The Morgan fingerprint density at radius 2 is 2.04 bits per heavy atom. The fourth-order valence-electron chi connectivity index (χ4n) is 3.24. The van der Waals surface area contributed by atoms with Crippen LogP contribution in [0.2, 0.25) is 0 Å². The van der Waals surface area contributed by atoms with Crippen molar-refractivity contribution in [3.8, 4) is 0 Å². The molecule has 1 heterocycles. The van der Waals surface area contributed by atoms with Crippen molar-refractivity contribution >= 4 is 44.1 Å². The summed E-state index contributed by atoms with van der Waals surface area (Å²) in [6.45, 7) is 1.05. The number of methoxy groups -OCH3 is 1. The Hall–Kier alpha value is -1.77. The number of anilines is 1. The second-order valence-electron chi connectivity index (χ2n) is 6.60. The van der Waals surface area contributed by atoms with Gasteiger partial charge < -0.3 is 15.4 Å². The lowest BCUT2D eigenvalue weighted by Gasteiger charge is -2.13. The third-order valence-corrected chi connectivity index (χ3v) is 6.31. The molecule has 0 unspecified atom stereocenters. The minimum absolute atomic E-state index is 0.0628. The quantitative estimate of drug-likeness (QED) is 0.585. The van der Waals surface area contributed by atoms with Crippen LogP contribution in [0.1, 0.15) is 50.4 Å². The second kappa shape index (κ2) is 9.62. The lowest BCUT2D eigenvalue weighted by atomic mass is 9.95. The molecule has 2 amide bonds. The normalized spacial score (nSPS) is 13.1. The fourth-order valence-corrected chi connectivity index (χ4v) is 4.89. The van der Waals surface area contributed by atoms with E-state index in [0.717, 1.165) is 36.1 Å². The molecule has 3 rings (SSSR count). The van der Waals surface area contributed by atoms with Crippen LogP contribution in [0, 0.1) is 5.82 Å². The van der Waals surface area contributed by atoms with Crippen LogP contribution in [0.15, 0.2) is 22.7 Å². The molecule has 5 nitrogen and oxygen atoms in total. The summed E-state index contributed by atoms with van der Waals surface area (Å²) in [5, 5.41) is 6.15. The second-order valence-corrected chi connectivity index (χ2v) is 8.62. The first kappa shape index (κ1) is 21.0. The summed E-state index contributed by atoms with van der Waals surface area (Å²) in [5.41, 5.74) is 1.46. The molecule has 2 aromatic rings. The number of hydrogen-bond donors (Lipinski definition) is 2. The number of ether oxygens (including phenoxy) is 1. The van der Waals surface area contributed by atoms with Crippen molar-refractivity contribution in [3.05, 3.63) is 50.1 Å². The van der Waals surface area contributed by atoms with E-state index >= 15 is 0 Å². The van der Waals surface area contributed by atoms with Gasteiger partial charge in [-0.15, -0.1) is 11.3 Å². The van der Waals surface area contributed by atoms with Gasteiger partial charge in [-0.25, -0.2) is 4.39 Å². The minimum atomic E-state index is -0.604. The molecule has 1 aromatic heterocycles. The number of amides is 2. The number of nitrogens with one attached hydrogen (secondary N) is 2. The van der Waals surface area contributed by atoms with E-state index in [-0.39, 0.29) is 11.5 Å². The van der Waals surface area contributed by atoms with E-state index in [9.17, 15) is 14.0 Å². The molecular formula is C20H22BrFN2O3S. The van der Waals surface area contributed by atoms with Crippen LogP contribution in [0.25, 0.3) is 0 Å². The summed E-state index contributed by atoms with van der Waals surface area (Å²) >= 11 is 4.67. The monoisotopic (exact) mass is 468 g/mol. The van der Waals surface area contributed by atoms with Gasteiger partial charge in [0.15, 0.2) is 0 Å². The van der Waals surface area contributed by atoms with Crippen molar-refractivity contribution in [1.29, 1.82) is 0 Å². The first-order valence-corrected chi connectivity index (χ1v) is 10.8. The molecule has 0 fully saturated rings. The Bertz CT molecular complexity index is 885. The van der Waals surface area contributed by atoms with E-state index < -0.39 is 11.7 Å². The van der Waals surface area contributed by atoms with Crippen LogP contribution in [0.3, 0.4) is 0 Å². The minimum Gasteiger partial charge on any atom is -0.385 e. The molecule has 150 valence electrons. The van der Waals surface area contributed by atoms with Gasteiger partial charge in [-0.05, 0) is 55.9 Å². The highest BCUT2D eigenvalue weighted by atomic mass is 79.9. The van der Waals surface area contributed by atoms with Crippen LogP contribution < -0.4 is 10.6 Å². The highest BCUT2D eigenvalue weighted by molar-refractivity contribution is 9.10. The maximum absolute atomic E-state index is 14.1. The fraction of sp³-hybridized carbons (Fsp3) is 0.400. The molecule has 0 spiro atoms. The Kier molecular flexibility index (Phi) is 7.20. The Labute approximate surface area is 175 Å². The molecule has 1 aliphatic rings. The summed E-state index contributed by atoms with van der Waals surface area (Å²) in [6, 6.07) is 4.21. The first-order valence-electron chi connectivity index (χ1n) is 9.19. The van der Waals surface area contributed by atoms with Gasteiger partial charge in [0.25, 0.3) is 11.8 Å². The van der Waals surface area contributed by atoms with Crippen molar-refractivity contribution in [2.24, 2.45) is 0 Å². The zero-order valence-corrected chi connectivity index (χ0v) is 18.0. The van der Waals surface area contributed by atoms with Gasteiger partial charge in [-0.2, -0.15) is 0 Å². The van der Waals surface area contributed by atoms with Crippen molar-refractivity contribution in [3.63, 3.8) is 0 Å². The third-order valence-electron chi connectivity index (χ3n) is 4.61. The van der Waals surface area contributed by atoms with E-state index in [1.807, 2.05) is 0 Å². The number of benzene rings is 1. The molecule has 28 heavy (non-hydrogen) atoms. The maximum Gasteiger partial charge on any atom is 0.259 e. The van der Waals surface area contributed by atoms with Gasteiger partial charge in [0.05, 0.1) is 11.1 Å². The molecule has 0 radical (unpaired) electrons. The van der Waals surface area contributed by atoms with E-state index in [2.05, 4.69) is 26.6 Å². The standard InChI is InChI=1S/C20H22BrFN2O3S/c1-27-10-4-9-23-19(26)17-13-5-2-3-6-16(13)28-20(17)24-18(25)14-11-12(21)7-8-15(14)22/h7-8,11H,2-6,9-10H2,1H3,(H,23,26)(H,24,25).